The molecule has 0 N–H and O–H groups in total. The lowest BCUT2D eigenvalue weighted by atomic mass is 10.0. The number of hydrogen-bond donors (Lipinski definition) is 0. The van der Waals surface area contributed by atoms with Crippen molar-refractivity contribution in [2.75, 3.05) is 26.2 Å². The Morgan fingerprint density at radius 1 is 0.966 bits per heavy atom. The van der Waals surface area contributed by atoms with Crippen LogP contribution in [0.5, 0.6) is 0 Å². The molecule has 1 fully saturated rings. The van der Waals surface area contributed by atoms with Crippen LogP contribution in [0.4, 0.5) is 0 Å². The third-order valence-corrected chi connectivity index (χ3v) is 6.53. The maximum Gasteiger partial charge on any atom is 0.270 e. The Bertz CT molecular complexity index is 919. The Morgan fingerprint density at radius 2 is 1.72 bits per heavy atom. The van der Waals surface area contributed by atoms with E-state index in [1.165, 1.54) is 16.0 Å². The number of amides is 1. The van der Waals surface area contributed by atoms with Crippen molar-refractivity contribution in [3.63, 3.8) is 0 Å². The van der Waals surface area contributed by atoms with Crippen LogP contribution in [-0.4, -0.2) is 46.5 Å². The predicted molar refractivity (Wildman–Crippen MR) is 120 cm³/mol. The standard InChI is InChI=1S/C24H29N3OS/c1-19(2)21-9-7-20(8-10-21)17-25-12-14-26(15-13-25)24(28)23-6-3-11-27(23)18-22-5-4-16-29-22/h3-11,16,19H,12-15,17-18H2,1-2H3. The maximum atomic E-state index is 13.1. The van der Waals surface area contributed by atoms with Gasteiger partial charge in [-0.15, -0.1) is 11.3 Å². The average molecular weight is 408 g/mol. The molecule has 1 aliphatic heterocycles. The molecule has 0 saturated carbocycles. The summed E-state index contributed by atoms with van der Waals surface area (Å²) in [4.78, 5) is 18.8. The first kappa shape index (κ1) is 19.9. The number of aromatic nitrogens is 1. The SMILES string of the molecule is CC(C)c1ccc(CN2CCN(C(=O)c3cccn3Cc3cccs3)CC2)cc1. The summed E-state index contributed by atoms with van der Waals surface area (Å²) in [5.74, 6) is 0.713. The first-order chi connectivity index (χ1) is 14.1. The van der Waals surface area contributed by atoms with Crippen LogP contribution in [0, 0.1) is 0 Å². The third-order valence-electron chi connectivity index (χ3n) is 5.67. The monoisotopic (exact) mass is 407 g/mol. The summed E-state index contributed by atoms with van der Waals surface area (Å²) in [6.45, 7) is 9.57. The van der Waals surface area contributed by atoms with Gasteiger partial charge >= 0.3 is 0 Å². The summed E-state index contributed by atoms with van der Waals surface area (Å²) in [5, 5.41) is 2.08. The fourth-order valence-electron chi connectivity index (χ4n) is 3.85. The largest absolute Gasteiger partial charge is 0.338 e. The van der Waals surface area contributed by atoms with E-state index in [0.717, 1.165) is 45.0 Å². The molecule has 2 aromatic heterocycles. The second-order valence-corrected chi connectivity index (χ2v) is 9.10. The second kappa shape index (κ2) is 8.97. The Morgan fingerprint density at radius 3 is 2.38 bits per heavy atom. The molecule has 152 valence electrons. The molecular formula is C24H29N3OS. The van der Waals surface area contributed by atoms with E-state index in [0.29, 0.717) is 5.92 Å². The highest BCUT2D eigenvalue weighted by molar-refractivity contribution is 7.09. The van der Waals surface area contributed by atoms with Gasteiger partial charge in [0, 0.05) is 43.8 Å². The topological polar surface area (TPSA) is 28.5 Å². The van der Waals surface area contributed by atoms with E-state index in [1.54, 1.807) is 11.3 Å². The minimum absolute atomic E-state index is 0.146. The van der Waals surface area contributed by atoms with Crippen LogP contribution in [-0.2, 0) is 13.1 Å². The van der Waals surface area contributed by atoms with Gasteiger partial charge < -0.3 is 9.47 Å². The van der Waals surface area contributed by atoms with Gasteiger partial charge in [0.25, 0.3) is 5.91 Å². The lowest BCUT2D eigenvalue weighted by Crippen LogP contribution is -2.48. The van der Waals surface area contributed by atoms with Crippen LogP contribution in [0.25, 0.3) is 0 Å². The van der Waals surface area contributed by atoms with Crippen LogP contribution in [0.3, 0.4) is 0 Å². The van der Waals surface area contributed by atoms with E-state index < -0.39 is 0 Å². The molecule has 29 heavy (non-hydrogen) atoms. The number of nitrogens with zero attached hydrogens (tertiary/aromatic N) is 3. The summed E-state index contributed by atoms with van der Waals surface area (Å²) in [7, 11) is 0. The van der Waals surface area contributed by atoms with E-state index in [-0.39, 0.29) is 5.91 Å². The highest BCUT2D eigenvalue weighted by Crippen LogP contribution is 2.18. The quantitative estimate of drug-likeness (QED) is 0.594. The number of hydrogen-bond acceptors (Lipinski definition) is 3. The van der Waals surface area contributed by atoms with Crippen LogP contribution < -0.4 is 0 Å². The van der Waals surface area contributed by atoms with Gasteiger partial charge in [-0.3, -0.25) is 9.69 Å². The van der Waals surface area contributed by atoms with Gasteiger partial charge in [-0.05, 0) is 40.6 Å². The fraction of sp³-hybridized carbons (Fsp3) is 0.375. The lowest BCUT2D eigenvalue weighted by molar-refractivity contribution is 0.0618. The molecule has 5 heteroatoms. The summed E-state index contributed by atoms with van der Waals surface area (Å²) < 4.78 is 2.07. The Balaban J connectivity index is 1.33. The number of benzene rings is 1. The molecule has 0 radical (unpaired) electrons. The summed E-state index contributed by atoms with van der Waals surface area (Å²) in [6.07, 6.45) is 2.00. The number of carbonyl (C=O) groups is 1. The van der Waals surface area contributed by atoms with Crippen molar-refractivity contribution in [1.82, 2.24) is 14.4 Å². The van der Waals surface area contributed by atoms with Gasteiger partial charge in [0.2, 0.25) is 0 Å². The summed E-state index contributed by atoms with van der Waals surface area (Å²) in [6, 6.07) is 17.0. The van der Waals surface area contributed by atoms with Gasteiger partial charge in [-0.25, -0.2) is 0 Å². The first-order valence-corrected chi connectivity index (χ1v) is 11.3. The van der Waals surface area contributed by atoms with Crippen molar-refractivity contribution in [3.05, 3.63) is 81.8 Å². The minimum atomic E-state index is 0.146. The van der Waals surface area contributed by atoms with Crippen molar-refractivity contribution in [3.8, 4) is 0 Å². The van der Waals surface area contributed by atoms with Gasteiger partial charge in [-0.1, -0.05) is 44.2 Å². The zero-order chi connectivity index (χ0) is 20.2. The number of carbonyl (C=O) groups excluding carboxylic acids is 1. The molecule has 1 amide bonds. The predicted octanol–water partition coefficient (Wildman–Crippen LogP) is 4.68. The molecule has 1 saturated heterocycles. The summed E-state index contributed by atoms with van der Waals surface area (Å²) >= 11 is 1.73. The van der Waals surface area contributed by atoms with Crippen LogP contribution in [0.2, 0.25) is 0 Å². The molecule has 1 aromatic carbocycles. The number of rotatable bonds is 6. The van der Waals surface area contributed by atoms with Crippen molar-refractivity contribution in [2.45, 2.75) is 32.9 Å². The second-order valence-electron chi connectivity index (χ2n) is 8.07. The molecule has 4 rings (SSSR count). The zero-order valence-electron chi connectivity index (χ0n) is 17.3. The normalized spacial score (nSPS) is 15.2. The molecule has 3 heterocycles. The Hall–Kier alpha value is -2.37. The van der Waals surface area contributed by atoms with Crippen molar-refractivity contribution in [2.24, 2.45) is 0 Å². The first-order valence-electron chi connectivity index (χ1n) is 10.4. The van der Waals surface area contributed by atoms with E-state index in [1.807, 2.05) is 23.2 Å². The van der Waals surface area contributed by atoms with E-state index >= 15 is 0 Å². The van der Waals surface area contributed by atoms with Gasteiger partial charge in [0.05, 0.1) is 6.54 Å². The van der Waals surface area contributed by atoms with E-state index in [9.17, 15) is 4.79 Å². The molecule has 0 bridgehead atoms. The van der Waals surface area contributed by atoms with E-state index in [4.69, 9.17) is 0 Å². The third kappa shape index (κ3) is 4.80. The van der Waals surface area contributed by atoms with Gasteiger partial charge in [0.15, 0.2) is 0 Å². The maximum absolute atomic E-state index is 13.1. The average Bonchev–Trinajstić information content (AvgIpc) is 3.41. The highest BCUT2D eigenvalue weighted by Gasteiger charge is 2.24. The molecule has 0 atom stereocenters. The highest BCUT2D eigenvalue weighted by atomic mass is 32.1. The fourth-order valence-corrected chi connectivity index (χ4v) is 4.56. The molecule has 1 aliphatic rings. The molecule has 4 nitrogen and oxygen atoms in total. The van der Waals surface area contributed by atoms with Crippen LogP contribution in [0.1, 0.15) is 46.3 Å². The smallest absolute Gasteiger partial charge is 0.270 e. The Kier molecular flexibility index (Phi) is 6.16. The van der Waals surface area contributed by atoms with Gasteiger partial charge in [0.1, 0.15) is 5.69 Å². The lowest BCUT2D eigenvalue weighted by Gasteiger charge is -2.35. The summed E-state index contributed by atoms with van der Waals surface area (Å²) in [5.41, 5.74) is 3.52. The molecule has 0 spiro atoms. The van der Waals surface area contributed by atoms with Crippen molar-refractivity contribution >= 4 is 17.2 Å². The number of thiophene rings is 1. The molecule has 0 aliphatic carbocycles. The van der Waals surface area contributed by atoms with Crippen molar-refractivity contribution in [1.29, 1.82) is 0 Å². The number of piperazine rings is 1. The Labute approximate surface area is 177 Å². The molecule has 3 aromatic rings. The van der Waals surface area contributed by atoms with Crippen LogP contribution >= 0.6 is 11.3 Å². The molecular weight excluding hydrogens is 378 g/mol. The zero-order valence-corrected chi connectivity index (χ0v) is 18.1. The van der Waals surface area contributed by atoms with E-state index in [2.05, 4.69) is 65.1 Å². The van der Waals surface area contributed by atoms with Crippen LogP contribution in [0.15, 0.2) is 60.1 Å². The molecule has 0 unspecified atom stereocenters. The minimum Gasteiger partial charge on any atom is -0.338 e. The van der Waals surface area contributed by atoms with Crippen molar-refractivity contribution < 1.29 is 4.79 Å². The van der Waals surface area contributed by atoms with Gasteiger partial charge in [-0.2, -0.15) is 0 Å².